The van der Waals surface area contributed by atoms with Gasteiger partial charge >= 0.3 is 0 Å². The van der Waals surface area contributed by atoms with Gasteiger partial charge in [-0.05, 0) is 31.9 Å². The molecule has 0 aliphatic carbocycles. The number of aliphatic hydroxyl groups is 1. The topological polar surface area (TPSA) is 42.6 Å². The van der Waals surface area contributed by atoms with E-state index in [0.29, 0.717) is 36.0 Å². The van der Waals surface area contributed by atoms with E-state index in [1.54, 1.807) is 6.07 Å². The van der Waals surface area contributed by atoms with Crippen LogP contribution in [-0.4, -0.2) is 18.3 Å². The minimum atomic E-state index is -0.603. The highest BCUT2D eigenvalue weighted by atomic mass is 35.5. The Morgan fingerprint density at radius 3 is 3.00 bits per heavy atom. The molecule has 0 saturated carbocycles. The van der Waals surface area contributed by atoms with Gasteiger partial charge in [0.2, 0.25) is 0 Å². The molecule has 1 atom stereocenters. The fourth-order valence-corrected chi connectivity index (χ4v) is 2.10. The molecule has 0 fully saturated rings. The van der Waals surface area contributed by atoms with Crippen molar-refractivity contribution in [1.82, 2.24) is 0 Å². The second-order valence-corrected chi connectivity index (χ2v) is 4.57. The zero-order chi connectivity index (χ0) is 13.0. The van der Waals surface area contributed by atoms with Crippen LogP contribution in [0.25, 0.3) is 11.0 Å². The highest BCUT2D eigenvalue weighted by Crippen LogP contribution is 2.30. The number of aliphatic hydroxyl groups excluding tert-OH is 1. The smallest absolute Gasteiger partial charge is 0.152 e. The molecule has 1 unspecified atom stereocenters. The maximum atomic E-state index is 10.0. The predicted octanol–water partition coefficient (Wildman–Crippen LogP) is 3.94. The number of rotatable bonds is 6. The summed E-state index contributed by atoms with van der Waals surface area (Å²) in [5.74, 6) is 0.564. The van der Waals surface area contributed by atoms with Crippen molar-refractivity contribution in [3.8, 4) is 0 Å². The molecule has 4 heteroatoms. The summed E-state index contributed by atoms with van der Waals surface area (Å²) in [6.45, 7) is 3.32. The Kier molecular flexibility index (Phi) is 4.64. The molecule has 0 saturated heterocycles. The number of fused-ring (bicyclic) bond motifs is 1. The van der Waals surface area contributed by atoms with E-state index in [4.69, 9.17) is 20.8 Å². The third-order valence-electron chi connectivity index (χ3n) is 2.81. The van der Waals surface area contributed by atoms with Gasteiger partial charge in [0.25, 0.3) is 0 Å². The molecule has 2 aromatic rings. The van der Waals surface area contributed by atoms with E-state index in [0.717, 1.165) is 11.8 Å². The Balaban J connectivity index is 2.04. The third-order valence-corrected chi connectivity index (χ3v) is 3.11. The molecule has 0 bridgehead atoms. The maximum absolute atomic E-state index is 10.0. The Morgan fingerprint density at radius 2 is 2.28 bits per heavy atom. The predicted molar refractivity (Wildman–Crippen MR) is 71.9 cm³/mol. The molecule has 3 nitrogen and oxygen atoms in total. The summed E-state index contributed by atoms with van der Waals surface area (Å²) in [6.07, 6.45) is 0.825. The van der Waals surface area contributed by atoms with Crippen LogP contribution in [0.3, 0.4) is 0 Å². The zero-order valence-electron chi connectivity index (χ0n) is 10.4. The monoisotopic (exact) mass is 268 g/mol. The van der Waals surface area contributed by atoms with Crippen LogP contribution in [0.4, 0.5) is 0 Å². The normalized spacial score (nSPS) is 13.1. The molecule has 1 N–H and O–H groups in total. The molecule has 1 heterocycles. The van der Waals surface area contributed by atoms with E-state index in [2.05, 4.69) is 0 Å². The summed E-state index contributed by atoms with van der Waals surface area (Å²) in [6, 6.07) is 7.40. The average molecular weight is 269 g/mol. The third kappa shape index (κ3) is 3.05. The first-order valence-corrected chi connectivity index (χ1v) is 6.54. The largest absolute Gasteiger partial charge is 0.457 e. The van der Waals surface area contributed by atoms with Crippen LogP contribution in [0.1, 0.15) is 31.6 Å². The van der Waals surface area contributed by atoms with E-state index in [-0.39, 0.29) is 0 Å². The van der Waals surface area contributed by atoms with Crippen LogP contribution in [0.2, 0.25) is 5.02 Å². The number of furan rings is 1. The van der Waals surface area contributed by atoms with Gasteiger partial charge in [0.15, 0.2) is 5.58 Å². The molecule has 0 aliphatic heterocycles. The van der Waals surface area contributed by atoms with Gasteiger partial charge in [-0.2, -0.15) is 0 Å². The molecule has 0 aliphatic rings. The SMILES string of the molecule is CCOCCCC(O)c1cc2cccc(Cl)c2o1. The first-order valence-electron chi connectivity index (χ1n) is 6.16. The molecule has 18 heavy (non-hydrogen) atoms. The lowest BCUT2D eigenvalue weighted by molar-refractivity contribution is 0.104. The number of hydrogen-bond acceptors (Lipinski definition) is 3. The average Bonchev–Trinajstić information content (AvgIpc) is 2.80. The van der Waals surface area contributed by atoms with Gasteiger partial charge in [-0.1, -0.05) is 23.7 Å². The fourth-order valence-electron chi connectivity index (χ4n) is 1.88. The molecular formula is C14H17ClO3. The van der Waals surface area contributed by atoms with Gasteiger partial charge in [0.1, 0.15) is 11.9 Å². The van der Waals surface area contributed by atoms with E-state index in [1.807, 2.05) is 25.1 Å². The van der Waals surface area contributed by atoms with Crippen LogP contribution < -0.4 is 0 Å². The Morgan fingerprint density at radius 1 is 1.44 bits per heavy atom. The van der Waals surface area contributed by atoms with Gasteiger partial charge in [0, 0.05) is 18.6 Å². The first-order chi connectivity index (χ1) is 8.72. The molecular weight excluding hydrogens is 252 g/mol. The quantitative estimate of drug-likeness (QED) is 0.807. The number of ether oxygens (including phenoxy) is 1. The minimum Gasteiger partial charge on any atom is -0.457 e. The summed E-state index contributed by atoms with van der Waals surface area (Å²) < 4.78 is 10.8. The lowest BCUT2D eigenvalue weighted by Gasteiger charge is -2.07. The lowest BCUT2D eigenvalue weighted by Crippen LogP contribution is -1.99. The van der Waals surface area contributed by atoms with E-state index in [1.165, 1.54) is 0 Å². The molecule has 0 spiro atoms. The highest BCUT2D eigenvalue weighted by Gasteiger charge is 2.14. The summed E-state index contributed by atoms with van der Waals surface area (Å²) in [7, 11) is 0. The van der Waals surface area contributed by atoms with E-state index >= 15 is 0 Å². The number of para-hydroxylation sites is 1. The summed E-state index contributed by atoms with van der Waals surface area (Å²) in [5, 5.41) is 11.5. The van der Waals surface area contributed by atoms with Crippen molar-refractivity contribution < 1.29 is 14.3 Å². The molecule has 1 aromatic heterocycles. The summed E-state index contributed by atoms with van der Waals surface area (Å²) in [5.41, 5.74) is 0.637. The van der Waals surface area contributed by atoms with Gasteiger partial charge in [-0.25, -0.2) is 0 Å². The van der Waals surface area contributed by atoms with Crippen molar-refractivity contribution in [3.63, 3.8) is 0 Å². The van der Waals surface area contributed by atoms with Crippen molar-refractivity contribution in [2.24, 2.45) is 0 Å². The van der Waals surface area contributed by atoms with Gasteiger partial charge in [-0.3, -0.25) is 0 Å². The van der Waals surface area contributed by atoms with Crippen molar-refractivity contribution in [2.45, 2.75) is 25.9 Å². The summed E-state index contributed by atoms with van der Waals surface area (Å²) in [4.78, 5) is 0. The standard InChI is InChI=1S/C14H17ClO3/c1-2-17-8-4-7-12(16)13-9-10-5-3-6-11(15)14(10)18-13/h3,5-6,9,12,16H,2,4,7-8H2,1H3. The zero-order valence-corrected chi connectivity index (χ0v) is 11.1. The van der Waals surface area contributed by atoms with Crippen LogP contribution in [-0.2, 0) is 4.74 Å². The van der Waals surface area contributed by atoms with Gasteiger partial charge < -0.3 is 14.3 Å². The molecule has 0 radical (unpaired) electrons. The molecule has 0 amide bonds. The highest BCUT2D eigenvalue weighted by molar-refractivity contribution is 6.34. The second kappa shape index (κ2) is 6.23. The number of benzene rings is 1. The van der Waals surface area contributed by atoms with Crippen LogP contribution >= 0.6 is 11.6 Å². The Bertz CT molecular complexity index is 507. The van der Waals surface area contributed by atoms with Crippen molar-refractivity contribution in [2.75, 3.05) is 13.2 Å². The van der Waals surface area contributed by atoms with Crippen LogP contribution in [0.15, 0.2) is 28.7 Å². The van der Waals surface area contributed by atoms with E-state index < -0.39 is 6.10 Å². The molecule has 98 valence electrons. The Labute approximate surface area is 111 Å². The lowest BCUT2D eigenvalue weighted by atomic mass is 10.1. The van der Waals surface area contributed by atoms with Crippen molar-refractivity contribution in [3.05, 3.63) is 35.0 Å². The van der Waals surface area contributed by atoms with Crippen molar-refractivity contribution >= 4 is 22.6 Å². The van der Waals surface area contributed by atoms with E-state index in [9.17, 15) is 5.11 Å². The first kappa shape index (κ1) is 13.4. The maximum Gasteiger partial charge on any atom is 0.152 e. The molecule has 1 aromatic carbocycles. The fraction of sp³-hybridized carbons (Fsp3) is 0.429. The van der Waals surface area contributed by atoms with Gasteiger partial charge in [0.05, 0.1) is 5.02 Å². The summed E-state index contributed by atoms with van der Waals surface area (Å²) >= 11 is 6.03. The van der Waals surface area contributed by atoms with Crippen molar-refractivity contribution in [1.29, 1.82) is 0 Å². The van der Waals surface area contributed by atoms with Crippen LogP contribution in [0, 0.1) is 0 Å². The number of hydrogen-bond donors (Lipinski definition) is 1. The minimum absolute atomic E-state index is 0.564. The second-order valence-electron chi connectivity index (χ2n) is 4.16. The number of halogens is 1. The Hall–Kier alpha value is -1.03. The van der Waals surface area contributed by atoms with Crippen LogP contribution in [0.5, 0.6) is 0 Å². The van der Waals surface area contributed by atoms with Gasteiger partial charge in [-0.15, -0.1) is 0 Å². The molecule has 2 rings (SSSR count).